The Kier molecular flexibility index (Phi) is 4.44. The summed E-state index contributed by atoms with van der Waals surface area (Å²) in [5, 5.41) is 16.8. The van der Waals surface area contributed by atoms with E-state index in [4.69, 9.17) is 0 Å². The molecular formula is C15H20N4O3. The molecule has 0 bridgehead atoms. The van der Waals surface area contributed by atoms with Crippen molar-refractivity contribution in [2.24, 2.45) is 13.0 Å². The van der Waals surface area contributed by atoms with Crippen LogP contribution < -0.4 is 5.32 Å². The van der Waals surface area contributed by atoms with E-state index in [1.54, 1.807) is 17.8 Å². The number of carboxylic acid groups (broad SMARTS) is 1. The zero-order valence-electron chi connectivity index (χ0n) is 13.1. The van der Waals surface area contributed by atoms with Crippen LogP contribution in [0.3, 0.4) is 0 Å². The number of amides is 1. The van der Waals surface area contributed by atoms with Crippen molar-refractivity contribution in [3.05, 3.63) is 23.5 Å². The summed E-state index contributed by atoms with van der Waals surface area (Å²) < 4.78 is 1.64. The number of aromatic nitrogens is 3. The van der Waals surface area contributed by atoms with E-state index >= 15 is 0 Å². The van der Waals surface area contributed by atoms with Crippen molar-refractivity contribution in [1.82, 2.24) is 20.1 Å². The number of carbonyl (C=O) groups is 2. The highest BCUT2D eigenvalue weighted by Gasteiger charge is 2.22. The first-order valence-corrected chi connectivity index (χ1v) is 7.12. The van der Waals surface area contributed by atoms with Crippen LogP contribution in [0.1, 0.15) is 36.3 Å². The van der Waals surface area contributed by atoms with Gasteiger partial charge in [0.05, 0.1) is 11.3 Å². The fourth-order valence-corrected chi connectivity index (χ4v) is 2.37. The van der Waals surface area contributed by atoms with Gasteiger partial charge in [-0.1, -0.05) is 13.8 Å². The number of hydrogen-bond donors (Lipinski definition) is 2. The number of rotatable bonds is 5. The van der Waals surface area contributed by atoms with E-state index in [0.29, 0.717) is 17.6 Å². The lowest BCUT2D eigenvalue weighted by atomic mass is 10.0. The lowest BCUT2D eigenvalue weighted by Crippen LogP contribution is -2.41. The number of aliphatic carboxylic acids is 1. The fraction of sp³-hybridized carbons (Fsp3) is 0.467. The van der Waals surface area contributed by atoms with Gasteiger partial charge in [-0.3, -0.25) is 9.48 Å². The van der Waals surface area contributed by atoms with Crippen LogP contribution in [-0.2, 0) is 11.8 Å². The van der Waals surface area contributed by atoms with Crippen molar-refractivity contribution >= 4 is 22.9 Å². The molecule has 7 heteroatoms. The third-order valence-electron chi connectivity index (χ3n) is 3.44. The summed E-state index contributed by atoms with van der Waals surface area (Å²) in [5.74, 6) is -1.30. The molecule has 0 saturated carbocycles. The molecule has 22 heavy (non-hydrogen) atoms. The van der Waals surface area contributed by atoms with Gasteiger partial charge in [-0.25, -0.2) is 9.78 Å². The zero-order chi connectivity index (χ0) is 16.4. The van der Waals surface area contributed by atoms with E-state index < -0.39 is 17.9 Å². The van der Waals surface area contributed by atoms with Crippen molar-refractivity contribution in [3.63, 3.8) is 0 Å². The van der Waals surface area contributed by atoms with Crippen LogP contribution in [0, 0.1) is 12.8 Å². The van der Waals surface area contributed by atoms with Crippen LogP contribution in [0.2, 0.25) is 0 Å². The smallest absolute Gasteiger partial charge is 0.326 e. The molecule has 2 aromatic heterocycles. The number of carbonyl (C=O) groups excluding carboxylic acids is 1. The number of aryl methyl sites for hydroxylation is 2. The Morgan fingerprint density at radius 2 is 2.09 bits per heavy atom. The molecule has 0 radical (unpaired) electrons. The number of carboxylic acids is 1. The van der Waals surface area contributed by atoms with E-state index in [0.717, 1.165) is 11.1 Å². The van der Waals surface area contributed by atoms with Crippen molar-refractivity contribution < 1.29 is 14.7 Å². The Labute approximate surface area is 128 Å². The maximum atomic E-state index is 12.3. The van der Waals surface area contributed by atoms with Crippen molar-refractivity contribution in [2.75, 3.05) is 0 Å². The van der Waals surface area contributed by atoms with Gasteiger partial charge in [0, 0.05) is 18.6 Å². The predicted octanol–water partition coefficient (Wildman–Crippen LogP) is 1.51. The maximum Gasteiger partial charge on any atom is 0.326 e. The summed E-state index contributed by atoms with van der Waals surface area (Å²) in [5.41, 5.74) is 1.79. The first kappa shape index (κ1) is 15.9. The molecule has 7 nitrogen and oxygen atoms in total. The SMILES string of the molecule is Cc1nn(C)c2ncc(C(=O)N[C@@H](CC(C)C)C(=O)O)cc12. The molecule has 0 spiro atoms. The van der Waals surface area contributed by atoms with E-state index in [9.17, 15) is 14.7 Å². The number of pyridine rings is 1. The monoisotopic (exact) mass is 304 g/mol. The van der Waals surface area contributed by atoms with Gasteiger partial charge in [0.1, 0.15) is 6.04 Å². The molecule has 1 amide bonds. The van der Waals surface area contributed by atoms with Gasteiger partial charge >= 0.3 is 5.97 Å². The van der Waals surface area contributed by atoms with Crippen LogP contribution in [0.4, 0.5) is 0 Å². The van der Waals surface area contributed by atoms with E-state index in [1.807, 2.05) is 20.8 Å². The second-order valence-electron chi connectivity index (χ2n) is 5.80. The van der Waals surface area contributed by atoms with Gasteiger partial charge < -0.3 is 10.4 Å². The van der Waals surface area contributed by atoms with Gasteiger partial charge in [-0.15, -0.1) is 0 Å². The maximum absolute atomic E-state index is 12.3. The van der Waals surface area contributed by atoms with Crippen LogP contribution in [-0.4, -0.2) is 37.8 Å². The lowest BCUT2D eigenvalue weighted by molar-refractivity contribution is -0.139. The summed E-state index contributed by atoms with van der Waals surface area (Å²) in [6.07, 6.45) is 1.82. The Hall–Kier alpha value is -2.44. The lowest BCUT2D eigenvalue weighted by Gasteiger charge is -2.16. The van der Waals surface area contributed by atoms with Crippen molar-refractivity contribution in [1.29, 1.82) is 0 Å². The molecule has 0 aliphatic carbocycles. The first-order valence-electron chi connectivity index (χ1n) is 7.12. The number of nitrogens with zero attached hydrogens (tertiary/aromatic N) is 3. The summed E-state index contributed by atoms with van der Waals surface area (Å²) >= 11 is 0. The van der Waals surface area contributed by atoms with Crippen LogP contribution >= 0.6 is 0 Å². The fourth-order valence-electron chi connectivity index (χ4n) is 2.37. The first-order chi connectivity index (χ1) is 10.3. The third kappa shape index (κ3) is 3.24. The van der Waals surface area contributed by atoms with Crippen molar-refractivity contribution in [3.8, 4) is 0 Å². The van der Waals surface area contributed by atoms with Gasteiger partial charge in [0.25, 0.3) is 5.91 Å². The molecule has 0 aliphatic rings. The molecule has 2 heterocycles. The minimum Gasteiger partial charge on any atom is -0.480 e. The largest absolute Gasteiger partial charge is 0.480 e. The molecular weight excluding hydrogens is 284 g/mol. The average molecular weight is 304 g/mol. The predicted molar refractivity (Wildman–Crippen MR) is 81.6 cm³/mol. The second kappa shape index (κ2) is 6.13. The van der Waals surface area contributed by atoms with Gasteiger partial charge in [-0.2, -0.15) is 5.10 Å². The molecule has 0 saturated heterocycles. The summed E-state index contributed by atoms with van der Waals surface area (Å²) in [6, 6.07) is 0.784. The van der Waals surface area contributed by atoms with Crippen LogP contribution in [0.5, 0.6) is 0 Å². The number of hydrogen-bond acceptors (Lipinski definition) is 4. The highest BCUT2D eigenvalue weighted by atomic mass is 16.4. The standard InChI is InChI=1S/C15H20N4O3/c1-8(2)5-12(15(21)22)17-14(20)10-6-11-9(3)18-19(4)13(11)16-7-10/h6-8,12H,5H2,1-4H3,(H,17,20)(H,21,22)/t12-/m0/s1. The Bertz CT molecular complexity index is 721. The van der Waals surface area contributed by atoms with Gasteiger partial charge in [-0.05, 0) is 25.3 Å². The number of fused-ring (bicyclic) bond motifs is 1. The molecule has 2 N–H and O–H groups in total. The molecule has 0 fully saturated rings. The molecule has 0 aromatic carbocycles. The molecule has 0 aliphatic heterocycles. The van der Waals surface area contributed by atoms with E-state index in [1.165, 1.54) is 6.20 Å². The Balaban J connectivity index is 2.25. The molecule has 0 unspecified atom stereocenters. The van der Waals surface area contributed by atoms with E-state index in [2.05, 4.69) is 15.4 Å². The molecule has 1 atom stereocenters. The normalized spacial score (nSPS) is 12.6. The van der Waals surface area contributed by atoms with E-state index in [-0.39, 0.29) is 5.92 Å². The third-order valence-corrected chi connectivity index (χ3v) is 3.44. The Morgan fingerprint density at radius 1 is 1.41 bits per heavy atom. The summed E-state index contributed by atoms with van der Waals surface area (Å²) in [4.78, 5) is 27.7. The molecule has 118 valence electrons. The highest BCUT2D eigenvalue weighted by molar-refractivity contribution is 5.99. The Morgan fingerprint density at radius 3 is 2.68 bits per heavy atom. The second-order valence-corrected chi connectivity index (χ2v) is 5.80. The van der Waals surface area contributed by atoms with Crippen LogP contribution in [0.25, 0.3) is 11.0 Å². The zero-order valence-corrected chi connectivity index (χ0v) is 13.1. The minimum atomic E-state index is -1.03. The van der Waals surface area contributed by atoms with Gasteiger partial charge in [0.15, 0.2) is 5.65 Å². The summed E-state index contributed by atoms with van der Waals surface area (Å²) in [7, 11) is 1.78. The van der Waals surface area contributed by atoms with Crippen molar-refractivity contribution in [2.45, 2.75) is 33.2 Å². The average Bonchev–Trinajstić information content (AvgIpc) is 2.72. The minimum absolute atomic E-state index is 0.169. The number of nitrogens with one attached hydrogen (secondary N) is 1. The molecule has 2 rings (SSSR count). The summed E-state index contributed by atoms with van der Waals surface area (Å²) in [6.45, 7) is 5.66. The quantitative estimate of drug-likeness (QED) is 0.872. The topological polar surface area (TPSA) is 97.1 Å². The highest BCUT2D eigenvalue weighted by Crippen LogP contribution is 2.16. The van der Waals surface area contributed by atoms with Crippen LogP contribution in [0.15, 0.2) is 12.3 Å². The van der Waals surface area contributed by atoms with Gasteiger partial charge in [0.2, 0.25) is 0 Å². The molecule has 2 aromatic rings.